The number of hydrogen-bond acceptors (Lipinski definition) is 5. The van der Waals surface area contributed by atoms with Crippen LogP contribution in [0.15, 0.2) is 36.0 Å². The maximum absolute atomic E-state index is 15.1. The Labute approximate surface area is 164 Å². The number of thiazole rings is 1. The van der Waals surface area contributed by atoms with Crippen LogP contribution in [0.25, 0.3) is 10.2 Å². The molecule has 2 aromatic heterocycles. The fourth-order valence-corrected chi connectivity index (χ4v) is 4.66. The van der Waals surface area contributed by atoms with Gasteiger partial charge in [0, 0.05) is 43.1 Å². The third-order valence-electron chi connectivity index (χ3n) is 5.02. The minimum atomic E-state index is -1.21. The number of halogens is 1. The third-order valence-corrected chi connectivity index (χ3v) is 6.35. The van der Waals surface area contributed by atoms with E-state index in [0.29, 0.717) is 24.2 Å². The van der Waals surface area contributed by atoms with Gasteiger partial charge in [-0.25, -0.2) is 13.6 Å². The Kier molecular flexibility index (Phi) is 5.21. The van der Waals surface area contributed by atoms with Gasteiger partial charge in [-0.05, 0) is 30.7 Å². The van der Waals surface area contributed by atoms with Gasteiger partial charge >= 0.3 is 0 Å². The Morgan fingerprint density at radius 1 is 1.37 bits per heavy atom. The summed E-state index contributed by atoms with van der Waals surface area (Å²) < 4.78 is 30.4. The predicted molar refractivity (Wildman–Crippen MR) is 109 cm³/mol. The van der Waals surface area contributed by atoms with Gasteiger partial charge in [-0.3, -0.25) is 9.88 Å². The minimum Gasteiger partial charge on any atom is -0.304 e. The van der Waals surface area contributed by atoms with Gasteiger partial charge in [0.25, 0.3) is 0 Å². The first-order valence-electron chi connectivity index (χ1n) is 8.81. The Morgan fingerprint density at radius 3 is 3.04 bits per heavy atom. The maximum atomic E-state index is 15.1. The van der Waals surface area contributed by atoms with E-state index < -0.39 is 17.2 Å². The molecule has 3 atom stereocenters. The summed E-state index contributed by atoms with van der Waals surface area (Å²) in [5, 5.41) is 0. The lowest BCUT2D eigenvalue weighted by Crippen LogP contribution is -2.30. The molecule has 5 nitrogen and oxygen atoms in total. The second-order valence-corrected chi connectivity index (χ2v) is 8.78. The zero-order chi connectivity index (χ0) is 19.0. The molecule has 0 amide bonds. The number of nitrogens with one attached hydrogen (secondary N) is 1. The molecule has 0 aliphatic carbocycles. The van der Waals surface area contributed by atoms with Crippen LogP contribution in [-0.4, -0.2) is 38.4 Å². The molecule has 0 radical (unpaired) electrons. The van der Waals surface area contributed by atoms with Crippen LogP contribution in [-0.2, 0) is 17.4 Å². The molecule has 1 aliphatic heterocycles. The Bertz CT molecular complexity index is 993. The Hall–Kier alpha value is -1.90. The first-order chi connectivity index (χ1) is 13.0. The van der Waals surface area contributed by atoms with Crippen molar-refractivity contribution in [1.82, 2.24) is 14.9 Å². The molecule has 0 bridgehead atoms. The van der Waals surface area contributed by atoms with Crippen LogP contribution in [0.4, 0.5) is 10.1 Å². The normalized spacial score (nSPS) is 20.0. The average Bonchev–Trinajstić information content (AvgIpc) is 3.05. The zero-order valence-electron chi connectivity index (χ0n) is 15.2. The van der Waals surface area contributed by atoms with E-state index in [2.05, 4.69) is 44.7 Å². The van der Waals surface area contributed by atoms with Gasteiger partial charge in [-0.2, -0.15) is 0 Å². The summed E-state index contributed by atoms with van der Waals surface area (Å²) in [6.45, 7) is 3.16. The van der Waals surface area contributed by atoms with Gasteiger partial charge in [0.1, 0.15) is 17.2 Å². The van der Waals surface area contributed by atoms with E-state index in [-0.39, 0.29) is 6.04 Å². The number of nitrogens with zero attached hydrogens (tertiary/aromatic N) is 3. The average molecular weight is 405 g/mol. The van der Waals surface area contributed by atoms with Crippen molar-refractivity contribution in [3.8, 4) is 0 Å². The SMILES string of the molecule is CC(c1ccc2scnc2c1)N1CCc2ncc(NS(C)=O)cc2[C@@H](F)C1. The monoisotopic (exact) mass is 404 g/mol. The van der Waals surface area contributed by atoms with E-state index in [1.165, 1.54) is 0 Å². The molecular weight excluding hydrogens is 383 g/mol. The van der Waals surface area contributed by atoms with Gasteiger partial charge in [0.15, 0.2) is 0 Å². The largest absolute Gasteiger partial charge is 0.304 e. The molecule has 1 aliphatic rings. The summed E-state index contributed by atoms with van der Waals surface area (Å²) in [5.74, 6) is 0. The molecule has 1 aromatic carbocycles. The van der Waals surface area contributed by atoms with Crippen LogP contribution in [0.1, 0.15) is 36.0 Å². The molecule has 2 unspecified atom stereocenters. The smallest absolute Gasteiger partial charge is 0.140 e. The Morgan fingerprint density at radius 2 is 2.22 bits per heavy atom. The van der Waals surface area contributed by atoms with Crippen molar-refractivity contribution >= 4 is 38.2 Å². The number of benzene rings is 1. The van der Waals surface area contributed by atoms with Gasteiger partial charge in [-0.1, -0.05) is 6.07 Å². The number of rotatable bonds is 4. The number of anilines is 1. The second kappa shape index (κ2) is 7.61. The van der Waals surface area contributed by atoms with Crippen LogP contribution >= 0.6 is 11.3 Å². The first-order valence-corrected chi connectivity index (χ1v) is 11.2. The lowest BCUT2D eigenvalue weighted by Gasteiger charge is -2.28. The van der Waals surface area contributed by atoms with E-state index in [1.807, 2.05) is 5.51 Å². The summed E-state index contributed by atoms with van der Waals surface area (Å²) in [4.78, 5) is 11.0. The zero-order valence-corrected chi connectivity index (χ0v) is 16.8. The quantitative estimate of drug-likeness (QED) is 0.713. The molecule has 0 saturated heterocycles. The van der Waals surface area contributed by atoms with E-state index in [9.17, 15) is 4.21 Å². The van der Waals surface area contributed by atoms with Crippen molar-refractivity contribution in [2.45, 2.75) is 25.6 Å². The summed E-state index contributed by atoms with van der Waals surface area (Å²) >= 11 is 1.62. The highest BCUT2D eigenvalue weighted by molar-refractivity contribution is 7.85. The van der Waals surface area contributed by atoms with Gasteiger partial charge in [0.05, 0.1) is 27.6 Å². The number of alkyl halides is 1. The first kappa shape index (κ1) is 18.5. The molecular formula is C19H21FN4OS2. The molecule has 27 heavy (non-hydrogen) atoms. The molecule has 3 aromatic rings. The summed E-state index contributed by atoms with van der Waals surface area (Å²) in [7, 11) is -1.21. The maximum Gasteiger partial charge on any atom is 0.140 e. The van der Waals surface area contributed by atoms with Gasteiger partial charge < -0.3 is 4.72 Å². The topological polar surface area (TPSA) is 58.1 Å². The van der Waals surface area contributed by atoms with Crippen molar-refractivity contribution in [2.75, 3.05) is 24.1 Å². The number of hydrogen-bond donors (Lipinski definition) is 1. The van der Waals surface area contributed by atoms with Crippen molar-refractivity contribution in [1.29, 1.82) is 0 Å². The van der Waals surface area contributed by atoms with Crippen LogP contribution in [0.2, 0.25) is 0 Å². The number of aromatic nitrogens is 2. The van der Waals surface area contributed by atoms with E-state index in [1.54, 1.807) is 29.9 Å². The highest BCUT2D eigenvalue weighted by Crippen LogP contribution is 2.32. The van der Waals surface area contributed by atoms with Crippen LogP contribution in [0.3, 0.4) is 0 Å². The standard InChI is InChI=1S/C19H21FN4OS2/c1-12(13-3-4-19-18(7-13)22-11-26-19)24-6-5-17-15(16(20)10-24)8-14(9-21-17)23-27(2)25/h3-4,7-9,11-12,16,23H,5-6,10H2,1-2H3/t12?,16-,27?/m0/s1. The molecule has 0 saturated carbocycles. The highest BCUT2D eigenvalue weighted by atomic mass is 32.2. The van der Waals surface area contributed by atoms with Crippen molar-refractivity contribution in [3.05, 3.63) is 52.8 Å². The van der Waals surface area contributed by atoms with Crippen LogP contribution in [0, 0.1) is 0 Å². The molecule has 142 valence electrons. The summed E-state index contributed by atoms with van der Waals surface area (Å²) in [5.41, 5.74) is 5.94. The molecule has 1 N–H and O–H groups in total. The number of pyridine rings is 1. The lowest BCUT2D eigenvalue weighted by molar-refractivity contribution is 0.161. The van der Waals surface area contributed by atoms with E-state index >= 15 is 4.39 Å². The third kappa shape index (κ3) is 3.88. The second-order valence-electron chi connectivity index (χ2n) is 6.78. The Balaban J connectivity index is 1.56. The fourth-order valence-electron chi connectivity index (χ4n) is 3.55. The molecule has 3 heterocycles. The van der Waals surface area contributed by atoms with Crippen LogP contribution < -0.4 is 4.72 Å². The molecule has 0 fully saturated rings. The van der Waals surface area contributed by atoms with Gasteiger partial charge in [-0.15, -0.1) is 11.3 Å². The van der Waals surface area contributed by atoms with E-state index in [4.69, 9.17) is 0 Å². The number of fused-ring (bicyclic) bond motifs is 2. The fraction of sp³-hybridized carbons (Fsp3) is 0.368. The molecule has 8 heteroatoms. The summed E-state index contributed by atoms with van der Waals surface area (Å²) in [6.07, 6.45) is 2.73. The predicted octanol–water partition coefficient (Wildman–Crippen LogP) is 4.03. The van der Waals surface area contributed by atoms with E-state index in [0.717, 1.165) is 28.0 Å². The molecule has 4 rings (SSSR count). The molecule has 0 spiro atoms. The minimum absolute atomic E-state index is 0.0874. The van der Waals surface area contributed by atoms with Gasteiger partial charge in [0.2, 0.25) is 0 Å². The lowest BCUT2D eigenvalue weighted by atomic mass is 10.1. The summed E-state index contributed by atoms with van der Waals surface area (Å²) in [6, 6.07) is 8.11. The van der Waals surface area contributed by atoms with Crippen molar-refractivity contribution < 1.29 is 8.60 Å². The van der Waals surface area contributed by atoms with Crippen LogP contribution in [0.5, 0.6) is 0 Å². The van der Waals surface area contributed by atoms with Crippen molar-refractivity contribution in [2.24, 2.45) is 0 Å². The highest BCUT2D eigenvalue weighted by Gasteiger charge is 2.27. The van der Waals surface area contributed by atoms with Crippen molar-refractivity contribution in [3.63, 3.8) is 0 Å².